The first kappa shape index (κ1) is 24.9. The summed E-state index contributed by atoms with van der Waals surface area (Å²) < 4.78 is 10.3. The molecule has 10 heteroatoms. The number of methoxy groups -OCH3 is 1. The Balaban J connectivity index is 1.95. The molecule has 1 saturated heterocycles. The normalized spacial score (nSPS) is 20.7. The van der Waals surface area contributed by atoms with E-state index >= 15 is 0 Å². The molecule has 0 spiro atoms. The van der Waals surface area contributed by atoms with Crippen LogP contribution < -0.4 is 10.1 Å². The van der Waals surface area contributed by atoms with E-state index in [2.05, 4.69) is 11.4 Å². The third-order valence-electron chi connectivity index (χ3n) is 5.65. The monoisotopic (exact) mass is 491 g/mol. The molecule has 2 amide bonds. The molecule has 0 radical (unpaired) electrons. The van der Waals surface area contributed by atoms with Gasteiger partial charge in [0.25, 0.3) is 0 Å². The Hall–Kier alpha value is -2.70. The van der Waals surface area contributed by atoms with Crippen LogP contribution in [0.4, 0.5) is 0 Å². The quantitative estimate of drug-likeness (QED) is 0.460. The van der Waals surface area contributed by atoms with Gasteiger partial charge in [-0.25, -0.2) is 0 Å². The lowest BCUT2D eigenvalue weighted by atomic mass is 9.78. The summed E-state index contributed by atoms with van der Waals surface area (Å²) in [6.07, 6.45) is 3.05. The number of hydrogen-bond acceptors (Lipinski definition) is 7. The second-order valence-corrected chi connectivity index (χ2v) is 9.07. The fourth-order valence-electron chi connectivity index (χ4n) is 4.03. The third kappa shape index (κ3) is 5.63. The van der Waals surface area contributed by atoms with Crippen molar-refractivity contribution >= 4 is 41.1 Å². The molecule has 0 saturated carbocycles. The number of carbonyl (C=O) groups excluding carboxylic acids is 3. The van der Waals surface area contributed by atoms with Gasteiger partial charge < -0.3 is 19.7 Å². The lowest BCUT2D eigenvalue weighted by Crippen LogP contribution is -2.44. The minimum Gasteiger partial charge on any atom is -0.492 e. The molecule has 33 heavy (non-hydrogen) atoms. The smallest absolute Gasteiger partial charge is 0.319 e. The Morgan fingerprint density at radius 2 is 2.03 bits per heavy atom. The molecule has 0 aliphatic carbocycles. The highest BCUT2D eigenvalue weighted by Crippen LogP contribution is 2.42. The molecule has 0 aromatic heterocycles. The summed E-state index contributed by atoms with van der Waals surface area (Å²) >= 11 is 7.44. The third-order valence-corrected chi connectivity index (χ3v) is 6.94. The molecule has 0 bridgehead atoms. The molecule has 8 nitrogen and oxygen atoms in total. The van der Waals surface area contributed by atoms with Crippen molar-refractivity contribution in [2.45, 2.75) is 32.1 Å². The summed E-state index contributed by atoms with van der Waals surface area (Å²) in [5.74, 6) is -3.03. The van der Waals surface area contributed by atoms with E-state index in [9.17, 15) is 19.6 Å². The van der Waals surface area contributed by atoms with Crippen LogP contribution in [-0.2, 0) is 19.1 Å². The fraction of sp³-hybridized carbons (Fsp3) is 0.478. The number of amides is 2. The molecular formula is C23H26ClN3O5S. The number of piperidine rings is 1. The Morgan fingerprint density at radius 3 is 2.64 bits per heavy atom. The highest BCUT2D eigenvalue weighted by Gasteiger charge is 2.44. The minimum atomic E-state index is -1.26. The molecule has 2 atom stereocenters. The molecule has 2 heterocycles. The molecule has 0 unspecified atom stereocenters. The second-order valence-electron chi connectivity index (χ2n) is 7.68. The van der Waals surface area contributed by atoms with Crippen molar-refractivity contribution in [3.63, 3.8) is 0 Å². The van der Waals surface area contributed by atoms with E-state index in [1.807, 2.05) is 6.92 Å². The number of halogens is 1. The highest BCUT2D eigenvalue weighted by molar-refractivity contribution is 8.03. The van der Waals surface area contributed by atoms with Gasteiger partial charge >= 0.3 is 5.97 Å². The Labute approximate surface area is 202 Å². The number of thioether (sulfide) groups is 1. The SMILES string of the molecule is CCOc1ccc([C@@H]2C(C#N)=C(SCC(=O)N3CCCCC3)NC(=O)[C@@H]2C(=O)OC)cc1Cl. The number of likely N-dealkylation sites (tertiary alicyclic amines) is 1. The number of nitrogens with zero attached hydrogens (tertiary/aromatic N) is 2. The first-order valence-corrected chi connectivity index (χ1v) is 12.1. The van der Waals surface area contributed by atoms with Crippen LogP contribution in [0, 0.1) is 17.2 Å². The zero-order valence-corrected chi connectivity index (χ0v) is 20.1. The Bertz CT molecular complexity index is 1000. The molecule has 1 aromatic carbocycles. The molecule has 2 aliphatic rings. The zero-order chi connectivity index (χ0) is 24.0. The lowest BCUT2D eigenvalue weighted by molar-refractivity contribution is -0.150. The van der Waals surface area contributed by atoms with Gasteiger partial charge in [-0.2, -0.15) is 5.26 Å². The van der Waals surface area contributed by atoms with Crippen LogP contribution in [0.15, 0.2) is 28.8 Å². The average molecular weight is 492 g/mol. The van der Waals surface area contributed by atoms with Crippen molar-refractivity contribution in [1.29, 1.82) is 5.26 Å². The largest absolute Gasteiger partial charge is 0.492 e. The van der Waals surface area contributed by atoms with Crippen molar-refractivity contribution in [1.82, 2.24) is 10.2 Å². The number of nitriles is 1. The maximum Gasteiger partial charge on any atom is 0.319 e. The van der Waals surface area contributed by atoms with E-state index in [0.717, 1.165) is 31.0 Å². The van der Waals surface area contributed by atoms with Gasteiger partial charge in [-0.05, 0) is 43.9 Å². The van der Waals surface area contributed by atoms with Crippen LogP contribution in [-0.4, -0.2) is 55.2 Å². The number of ether oxygens (including phenoxy) is 2. The van der Waals surface area contributed by atoms with Crippen LogP contribution in [0.1, 0.15) is 37.7 Å². The van der Waals surface area contributed by atoms with Crippen molar-refractivity contribution in [2.24, 2.45) is 5.92 Å². The van der Waals surface area contributed by atoms with E-state index < -0.39 is 23.7 Å². The van der Waals surface area contributed by atoms with Gasteiger partial charge in [-0.3, -0.25) is 14.4 Å². The Kier molecular flexibility index (Phi) is 8.64. The van der Waals surface area contributed by atoms with Crippen LogP contribution >= 0.6 is 23.4 Å². The van der Waals surface area contributed by atoms with E-state index in [1.54, 1.807) is 23.1 Å². The molecule has 176 valence electrons. The molecule has 2 aliphatic heterocycles. The predicted octanol–water partition coefficient (Wildman–Crippen LogP) is 3.22. The topological polar surface area (TPSA) is 109 Å². The molecule has 1 fully saturated rings. The second kappa shape index (κ2) is 11.4. The van der Waals surface area contributed by atoms with Crippen LogP contribution in [0.25, 0.3) is 0 Å². The first-order chi connectivity index (χ1) is 15.9. The summed E-state index contributed by atoms with van der Waals surface area (Å²) in [4.78, 5) is 39.9. The van der Waals surface area contributed by atoms with E-state index in [1.165, 1.54) is 7.11 Å². The van der Waals surface area contributed by atoms with Gasteiger partial charge in [0.15, 0.2) is 0 Å². The molecular weight excluding hydrogens is 466 g/mol. The molecule has 3 rings (SSSR count). The number of allylic oxidation sites excluding steroid dienone is 1. The highest BCUT2D eigenvalue weighted by atomic mass is 35.5. The number of hydrogen-bond donors (Lipinski definition) is 1. The number of carbonyl (C=O) groups is 3. The summed E-state index contributed by atoms with van der Waals surface area (Å²) in [6.45, 7) is 3.68. The number of esters is 1. The lowest BCUT2D eigenvalue weighted by Gasteiger charge is -2.31. The first-order valence-electron chi connectivity index (χ1n) is 10.8. The summed E-state index contributed by atoms with van der Waals surface area (Å²) in [5, 5.41) is 13.2. The molecule has 1 N–H and O–H groups in total. The number of nitrogens with one attached hydrogen (secondary N) is 1. The molecule has 1 aromatic rings. The standard InChI is InChI=1S/C23H26ClN3O5S/c1-3-32-17-8-7-14(11-16(17)24)19-15(12-25)22(26-21(29)20(19)23(30)31-2)33-13-18(28)27-9-5-4-6-10-27/h7-8,11,19-20H,3-6,9-10,13H2,1-2H3,(H,26,29)/t19-,20-/m1/s1. The fourth-order valence-corrected chi connectivity index (χ4v) is 5.23. The maximum absolute atomic E-state index is 12.9. The van der Waals surface area contributed by atoms with Crippen LogP contribution in [0.3, 0.4) is 0 Å². The van der Waals surface area contributed by atoms with Crippen molar-refractivity contribution < 1.29 is 23.9 Å². The van der Waals surface area contributed by atoms with Gasteiger partial charge in [-0.1, -0.05) is 29.4 Å². The van der Waals surface area contributed by atoms with E-state index in [-0.39, 0.29) is 22.3 Å². The average Bonchev–Trinajstić information content (AvgIpc) is 2.83. The maximum atomic E-state index is 12.9. The van der Waals surface area contributed by atoms with Crippen LogP contribution in [0.5, 0.6) is 5.75 Å². The number of rotatable bonds is 7. The van der Waals surface area contributed by atoms with E-state index in [0.29, 0.717) is 36.0 Å². The predicted molar refractivity (Wildman–Crippen MR) is 125 cm³/mol. The summed E-state index contributed by atoms with van der Waals surface area (Å²) in [6, 6.07) is 7.04. The van der Waals surface area contributed by atoms with Crippen LogP contribution in [0.2, 0.25) is 5.02 Å². The van der Waals surface area contributed by atoms with E-state index in [4.69, 9.17) is 21.1 Å². The summed E-state index contributed by atoms with van der Waals surface area (Å²) in [5.41, 5.74) is 0.687. The van der Waals surface area contributed by atoms with Crippen molar-refractivity contribution in [2.75, 3.05) is 32.6 Å². The van der Waals surface area contributed by atoms with Gasteiger partial charge in [0.1, 0.15) is 11.7 Å². The Morgan fingerprint density at radius 1 is 1.30 bits per heavy atom. The van der Waals surface area contributed by atoms with Gasteiger partial charge in [0, 0.05) is 19.0 Å². The minimum absolute atomic E-state index is 0.0468. The zero-order valence-electron chi connectivity index (χ0n) is 18.6. The van der Waals surface area contributed by atoms with Gasteiger partial charge in [0.2, 0.25) is 11.8 Å². The van der Waals surface area contributed by atoms with Crippen molar-refractivity contribution in [3.8, 4) is 11.8 Å². The number of benzene rings is 1. The summed E-state index contributed by atoms with van der Waals surface area (Å²) in [7, 11) is 1.19. The van der Waals surface area contributed by atoms with Crippen molar-refractivity contribution in [3.05, 3.63) is 39.4 Å². The van der Waals surface area contributed by atoms with Gasteiger partial charge in [0.05, 0.1) is 41.2 Å². The van der Waals surface area contributed by atoms with Gasteiger partial charge in [-0.15, -0.1) is 0 Å².